The number of benzene rings is 4. The molecule has 4 aliphatic rings. The molecular formula is C53H48F6N6O10S2. The van der Waals surface area contributed by atoms with E-state index in [1.165, 1.54) is 28.9 Å². The molecule has 0 unspecified atom stereocenters. The number of pyridine rings is 2. The Bertz CT molecular complexity index is 3250. The highest BCUT2D eigenvalue weighted by atomic mass is 32.2. The summed E-state index contributed by atoms with van der Waals surface area (Å²) in [5.41, 5.74) is 2.83. The Morgan fingerprint density at radius 1 is 0.610 bits per heavy atom. The maximum absolute atomic E-state index is 14.1. The molecule has 24 heteroatoms. The third kappa shape index (κ3) is 10.8. The highest BCUT2D eigenvalue weighted by molar-refractivity contribution is 7.98. The van der Waals surface area contributed by atoms with Crippen LogP contribution in [0.5, 0.6) is 11.5 Å². The van der Waals surface area contributed by atoms with E-state index < -0.39 is 108 Å². The molecule has 4 atom stereocenters. The van der Waals surface area contributed by atoms with Gasteiger partial charge in [-0.05, 0) is 59.4 Å². The van der Waals surface area contributed by atoms with Crippen molar-refractivity contribution in [3.8, 4) is 11.5 Å². The van der Waals surface area contributed by atoms with Gasteiger partial charge in [0.1, 0.15) is 32.0 Å². The second kappa shape index (κ2) is 22.2. The van der Waals surface area contributed by atoms with Gasteiger partial charge in [0.15, 0.2) is 17.1 Å². The number of nitrogens with zero attached hydrogens (tertiary/aromatic N) is 6. The number of aromatic nitrogens is 2. The average molecular weight is 1110 g/mol. The highest BCUT2D eigenvalue weighted by Crippen LogP contribution is 2.45. The van der Waals surface area contributed by atoms with E-state index in [1.807, 2.05) is 97.1 Å². The zero-order valence-electron chi connectivity index (χ0n) is 41.2. The van der Waals surface area contributed by atoms with Crippen LogP contribution in [-0.2, 0) is 25.7 Å². The first-order chi connectivity index (χ1) is 36.8. The summed E-state index contributed by atoms with van der Waals surface area (Å²) < 4.78 is 106. The maximum atomic E-state index is 14.1. The summed E-state index contributed by atoms with van der Waals surface area (Å²) in [5.74, 6) is -2.27. The summed E-state index contributed by atoms with van der Waals surface area (Å²) in [6, 6.07) is 27.1. The van der Waals surface area contributed by atoms with Gasteiger partial charge in [0.2, 0.25) is 23.4 Å². The van der Waals surface area contributed by atoms with Gasteiger partial charge in [-0.1, -0.05) is 84.9 Å². The maximum Gasteiger partial charge on any atom is 0.511 e. The van der Waals surface area contributed by atoms with Crippen LogP contribution in [0.2, 0.25) is 0 Å². The first-order valence-electron chi connectivity index (χ1n) is 23.8. The van der Waals surface area contributed by atoms with E-state index >= 15 is 0 Å². The second-order valence-electron chi connectivity index (χ2n) is 17.9. The average Bonchev–Trinajstić information content (AvgIpc) is 3.68. The SMILES string of the molecule is COCCOC(=O)OCOc1c2n(ccc1=O)N([C@H]1c3ccccc3CSc3ccccc31)CN([C@H](C)C(F)(F)F)C2=O.C[C@@H](N1CN([C@H]2c3ccccc3CSc3ccccc32)n2ccc(=O)c(O)c2C1=O)C(F)(F)F. The van der Waals surface area contributed by atoms with Crippen LogP contribution in [0.25, 0.3) is 0 Å². The van der Waals surface area contributed by atoms with E-state index in [-0.39, 0.29) is 13.2 Å². The molecule has 0 spiro atoms. The van der Waals surface area contributed by atoms with Crippen LogP contribution in [0.1, 0.15) is 80.3 Å². The van der Waals surface area contributed by atoms with Gasteiger partial charge < -0.3 is 33.9 Å². The van der Waals surface area contributed by atoms with Crippen molar-refractivity contribution in [3.63, 3.8) is 0 Å². The van der Waals surface area contributed by atoms with Gasteiger partial charge in [-0.2, -0.15) is 26.3 Å². The fourth-order valence-electron chi connectivity index (χ4n) is 9.41. The molecule has 10 rings (SSSR count). The smallest absolute Gasteiger partial charge is 0.502 e. The largest absolute Gasteiger partial charge is 0.511 e. The zero-order chi connectivity index (χ0) is 54.9. The number of halogens is 6. The minimum Gasteiger partial charge on any atom is -0.502 e. The molecule has 6 heterocycles. The molecule has 2 aromatic heterocycles. The van der Waals surface area contributed by atoms with Crippen molar-refractivity contribution >= 4 is 41.5 Å². The number of methoxy groups -OCH3 is 1. The van der Waals surface area contributed by atoms with Crippen LogP contribution in [0.4, 0.5) is 31.1 Å². The molecule has 4 aliphatic heterocycles. The molecule has 0 fully saturated rings. The van der Waals surface area contributed by atoms with Crippen LogP contribution >= 0.6 is 23.5 Å². The lowest BCUT2D eigenvalue weighted by molar-refractivity contribution is -0.173. The van der Waals surface area contributed by atoms with Gasteiger partial charge in [0, 0.05) is 52.9 Å². The van der Waals surface area contributed by atoms with Crippen LogP contribution in [-0.4, -0.2) is 107 Å². The van der Waals surface area contributed by atoms with Crippen molar-refractivity contribution in [3.05, 3.63) is 187 Å². The van der Waals surface area contributed by atoms with Gasteiger partial charge in [0.05, 0.1) is 18.7 Å². The van der Waals surface area contributed by atoms with Crippen LogP contribution in [0.3, 0.4) is 0 Å². The van der Waals surface area contributed by atoms with Crippen molar-refractivity contribution in [1.82, 2.24) is 19.2 Å². The lowest BCUT2D eigenvalue weighted by Gasteiger charge is -2.46. The molecule has 16 nitrogen and oxygen atoms in total. The van der Waals surface area contributed by atoms with Crippen molar-refractivity contribution in [2.24, 2.45) is 0 Å². The standard InChI is InChI=1S/C29H28F3N3O7S.C24H20F3N3O3S/c1-18(29(30,31)32)33-16-35(24-20-8-4-3-7-19(20)15-43-23-10-6-5-9-21(23)24)34-12-11-22(36)26(25(34)27(33)37)41-17-42-28(38)40-14-13-39-2;1-14(24(25,26)27)28-13-30(29-11-10-18(31)22(32)21(29)23(28)33)20-16-7-3-2-6-15(16)12-34-19-9-5-4-8-17(19)20/h3-12,18,24H,13-17H2,1-2H3;2-11,14,20,32H,12-13H2,1H3/t18-,24+;14-,20+/m11/s1. The predicted molar refractivity (Wildman–Crippen MR) is 271 cm³/mol. The summed E-state index contributed by atoms with van der Waals surface area (Å²) in [6.45, 7) is 0.131. The fourth-order valence-corrected chi connectivity index (χ4v) is 11.6. The fraction of sp³-hybridized carbons (Fsp3) is 0.302. The van der Waals surface area contributed by atoms with E-state index in [0.717, 1.165) is 69.2 Å². The monoisotopic (exact) mass is 1110 g/mol. The summed E-state index contributed by atoms with van der Waals surface area (Å²) >= 11 is 3.22. The number of rotatable bonds is 10. The summed E-state index contributed by atoms with van der Waals surface area (Å²) in [7, 11) is 1.41. The molecular weight excluding hydrogens is 1060 g/mol. The number of alkyl halides is 6. The third-order valence-electron chi connectivity index (χ3n) is 13.4. The number of fused-ring (bicyclic) bond motifs is 6. The van der Waals surface area contributed by atoms with Crippen molar-refractivity contribution in [2.75, 3.05) is 50.5 Å². The Hall–Kier alpha value is -7.57. The van der Waals surface area contributed by atoms with Crippen molar-refractivity contribution < 1.29 is 64.8 Å². The first-order valence-corrected chi connectivity index (χ1v) is 25.8. The highest BCUT2D eigenvalue weighted by Gasteiger charge is 2.49. The molecule has 0 aliphatic carbocycles. The summed E-state index contributed by atoms with van der Waals surface area (Å²) in [6.07, 6.45) is -7.91. The molecule has 4 aromatic carbocycles. The van der Waals surface area contributed by atoms with E-state index in [2.05, 4.69) is 0 Å². The minimum absolute atomic E-state index is 0.0981. The molecule has 404 valence electrons. The molecule has 0 saturated heterocycles. The van der Waals surface area contributed by atoms with E-state index in [4.69, 9.17) is 18.9 Å². The van der Waals surface area contributed by atoms with Gasteiger partial charge in [-0.3, -0.25) is 38.5 Å². The molecule has 0 saturated carbocycles. The minimum atomic E-state index is -4.76. The Balaban J connectivity index is 0.000000193. The Morgan fingerprint density at radius 2 is 1.05 bits per heavy atom. The predicted octanol–water partition coefficient (Wildman–Crippen LogP) is 8.93. The van der Waals surface area contributed by atoms with Gasteiger partial charge in [-0.15, -0.1) is 23.5 Å². The second-order valence-corrected chi connectivity index (χ2v) is 20.0. The van der Waals surface area contributed by atoms with Crippen LogP contribution < -0.4 is 25.6 Å². The number of hydrogen-bond donors (Lipinski definition) is 1. The lowest BCUT2D eigenvalue weighted by atomic mass is 9.94. The van der Waals surface area contributed by atoms with Crippen molar-refractivity contribution in [2.45, 2.75) is 71.7 Å². The number of carbonyl (C=O) groups is 3. The summed E-state index contributed by atoms with van der Waals surface area (Å²) in [4.78, 5) is 67.1. The molecule has 77 heavy (non-hydrogen) atoms. The number of ether oxygens (including phenoxy) is 4. The third-order valence-corrected chi connectivity index (χ3v) is 15.7. The molecule has 1 N–H and O–H groups in total. The summed E-state index contributed by atoms with van der Waals surface area (Å²) in [5, 5.41) is 13.7. The topological polar surface area (TPSA) is 165 Å². The van der Waals surface area contributed by atoms with E-state index in [0.29, 0.717) is 21.3 Å². The van der Waals surface area contributed by atoms with Gasteiger partial charge >= 0.3 is 18.5 Å². The van der Waals surface area contributed by atoms with E-state index in [9.17, 15) is 55.4 Å². The molecule has 0 radical (unpaired) electrons. The zero-order valence-corrected chi connectivity index (χ0v) is 42.8. The Labute approximate surface area is 444 Å². The normalized spacial score (nSPS) is 17.6. The Kier molecular flexibility index (Phi) is 15.6. The number of amides is 2. The lowest BCUT2D eigenvalue weighted by Crippen LogP contribution is -2.60. The van der Waals surface area contributed by atoms with Gasteiger partial charge in [0.25, 0.3) is 11.8 Å². The number of thioether (sulfide) groups is 2. The van der Waals surface area contributed by atoms with Crippen molar-refractivity contribution in [1.29, 1.82) is 0 Å². The molecule has 0 bridgehead atoms. The quantitative estimate of drug-likeness (QED) is 0.0598. The van der Waals surface area contributed by atoms with Gasteiger partial charge in [-0.25, -0.2) is 4.79 Å². The molecule has 2 amide bonds. The number of hydrogen-bond acceptors (Lipinski definition) is 14. The Morgan fingerprint density at radius 3 is 1.55 bits per heavy atom. The number of carbonyl (C=O) groups excluding carboxylic acids is 3. The van der Waals surface area contributed by atoms with E-state index in [1.54, 1.807) is 33.5 Å². The molecule has 6 aromatic rings. The first kappa shape index (κ1) is 54.2. The van der Waals surface area contributed by atoms with Crippen LogP contribution in [0.15, 0.2) is 141 Å². The van der Waals surface area contributed by atoms with Crippen LogP contribution in [0, 0.1) is 0 Å². The number of aromatic hydroxyl groups is 1.